The van der Waals surface area contributed by atoms with E-state index in [1.165, 1.54) is 103 Å². The van der Waals surface area contributed by atoms with E-state index in [2.05, 4.69) is 38.2 Å². The molecule has 11 atom stereocenters. The molecule has 2 fully saturated rings. The summed E-state index contributed by atoms with van der Waals surface area (Å²) in [4.78, 5) is 25.8. The summed E-state index contributed by atoms with van der Waals surface area (Å²) in [5, 5.41) is 72.2. The number of esters is 2. The summed E-state index contributed by atoms with van der Waals surface area (Å²) < 4.78 is 33.6. The minimum atomic E-state index is -1.77. The smallest absolute Gasteiger partial charge is 0.306 e. The molecule has 0 aromatic carbocycles. The first kappa shape index (κ1) is 63.1. The molecule has 2 rings (SSSR count). The second-order valence-corrected chi connectivity index (χ2v) is 19.4. The Balaban J connectivity index is 1.79. The number of ether oxygens (including phenoxy) is 6. The predicted octanol–water partition coefficient (Wildman–Crippen LogP) is 8.33. The van der Waals surface area contributed by atoms with E-state index in [-0.39, 0.29) is 26.1 Å². The van der Waals surface area contributed by atoms with Crippen LogP contribution < -0.4 is 0 Å². The number of hydrogen-bond donors (Lipinski definition) is 7. The normalized spacial score (nSPS) is 25.7. The predicted molar refractivity (Wildman–Crippen MR) is 266 cm³/mol. The third kappa shape index (κ3) is 29.3. The molecule has 0 bridgehead atoms. The molecule has 11 unspecified atom stereocenters. The molecule has 15 nitrogen and oxygen atoms in total. The number of unbranched alkanes of at least 4 members (excludes halogenated alkanes) is 25. The molecule has 0 aromatic rings. The molecule has 2 saturated heterocycles. The number of rotatable bonds is 43. The first-order valence-electron chi connectivity index (χ1n) is 27.4. The van der Waals surface area contributed by atoms with Gasteiger partial charge in [-0.05, 0) is 64.2 Å². The van der Waals surface area contributed by atoms with Gasteiger partial charge in [0.05, 0.1) is 19.8 Å². The molecule has 0 saturated carbocycles. The molecule has 0 radical (unpaired) electrons. The van der Waals surface area contributed by atoms with Gasteiger partial charge in [-0.1, -0.05) is 160 Å². The fourth-order valence-electron chi connectivity index (χ4n) is 8.62. The molecular weight excluding hydrogens is 889 g/mol. The Morgan fingerprint density at radius 3 is 1.28 bits per heavy atom. The Kier molecular flexibility index (Phi) is 37.9. The van der Waals surface area contributed by atoms with Crippen molar-refractivity contribution in [2.45, 2.75) is 280 Å². The number of hydrogen-bond acceptors (Lipinski definition) is 15. The molecule has 15 heteroatoms. The topological polar surface area (TPSA) is 231 Å². The molecule has 7 N–H and O–H groups in total. The molecule has 2 heterocycles. The fraction of sp³-hybridized carbons (Fsp3) is 0.889. The Morgan fingerprint density at radius 2 is 0.826 bits per heavy atom. The molecule has 0 amide bonds. The molecule has 404 valence electrons. The zero-order valence-corrected chi connectivity index (χ0v) is 42.8. The van der Waals surface area contributed by atoms with Crippen LogP contribution in [0.25, 0.3) is 0 Å². The van der Waals surface area contributed by atoms with E-state index in [9.17, 15) is 45.3 Å². The summed E-state index contributed by atoms with van der Waals surface area (Å²) in [5.41, 5.74) is 0. The highest BCUT2D eigenvalue weighted by atomic mass is 16.7. The molecule has 0 spiro atoms. The average molecular weight is 987 g/mol. The SMILES string of the molecule is CCCCCCCC/C=C\CCCCCCCC(=O)OCC(COC1OC(COC2OC(CO)C(O)C(O)C2O)C(O)C(O)C1O)OC(=O)CCCCCCCCC/C=C\CCCCCCCCC. The van der Waals surface area contributed by atoms with Crippen LogP contribution in [0.1, 0.15) is 213 Å². The minimum absolute atomic E-state index is 0.160. The summed E-state index contributed by atoms with van der Waals surface area (Å²) in [6.07, 6.45) is 26.3. The van der Waals surface area contributed by atoms with E-state index < -0.39 is 92.7 Å². The van der Waals surface area contributed by atoms with Crippen LogP contribution in [0.2, 0.25) is 0 Å². The Bertz CT molecular complexity index is 1300. The van der Waals surface area contributed by atoms with E-state index in [0.717, 1.165) is 70.6 Å². The van der Waals surface area contributed by atoms with Crippen molar-refractivity contribution in [2.24, 2.45) is 0 Å². The van der Waals surface area contributed by atoms with Crippen LogP contribution in [-0.4, -0.2) is 142 Å². The van der Waals surface area contributed by atoms with E-state index in [1.54, 1.807) is 0 Å². The lowest BCUT2D eigenvalue weighted by Crippen LogP contribution is -2.61. The maximum atomic E-state index is 13.0. The highest BCUT2D eigenvalue weighted by Crippen LogP contribution is 2.26. The maximum Gasteiger partial charge on any atom is 0.306 e. The van der Waals surface area contributed by atoms with Gasteiger partial charge in [0.1, 0.15) is 55.4 Å². The molecule has 0 aliphatic carbocycles. The third-order valence-electron chi connectivity index (χ3n) is 13.2. The molecule has 0 aromatic heterocycles. The van der Waals surface area contributed by atoms with Gasteiger partial charge in [0.2, 0.25) is 0 Å². The lowest BCUT2D eigenvalue weighted by atomic mass is 9.98. The molecule has 69 heavy (non-hydrogen) atoms. The lowest BCUT2D eigenvalue weighted by Gasteiger charge is -2.42. The number of carbonyl (C=O) groups is 2. The highest BCUT2D eigenvalue weighted by molar-refractivity contribution is 5.70. The quantitative estimate of drug-likeness (QED) is 0.0173. The minimum Gasteiger partial charge on any atom is -0.462 e. The zero-order valence-electron chi connectivity index (χ0n) is 42.8. The van der Waals surface area contributed by atoms with E-state index in [4.69, 9.17) is 28.4 Å². The van der Waals surface area contributed by atoms with Crippen LogP contribution in [0.4, 0.5) is 0 Å². The summed E-state index contributed by atoms with van der Waals surface area (Å²) in [6, 6.07) is 0. The van der Waals surface area contributed by atoms with E-state index in [0.29, 0.717) is 12.8 Å². The maximum absolute atomic E-state index is 13.0. The van der Waals surface area contributed by atoms with Crippen LogP contribution in [-0.2, 0) is 38.0 Å². The van der Waals surface area contributed by atoms with Crippen molar-refractivity contribution in [3.8, 4) is 0 Å². The number of allylic oxidation sites excluding steroid dienone is 4. The van der Waals surface area contributed by atoms with Crippen molar-refractivity contribution >= 4 is 11.9 Å². The summed E-state index contributed by atoms with van der Waals surface area (Å²) >= 11 is 0. The first-order valence-corrected chi connectivity index (χ1v) is 27.4. The van der Waals surface area contributed by atoms with Crippen molar-refractivity contribution in [3.63, 3.8) is 0 Å². The average Bonchev–Trinajstić information content (AvgIpc) is 3.34. The second-order valence-electron chi connectivity index (χ2n) is 19.4. The lowest BCUT2D eigenvalue weighted by molar-refractivity contribution is -0.332. The summed E-state index contributed by atoms with van der Waals surface area (Å²) in [5.74, 6) is -0.933. The van der Waals surface area contributed by atoms with E-state index in [1.807, 2.05) is 0 Å². The van der Waals surface area contributed by atoms with E-state index >= 15 is 0 Å². The van der Waals surface area contributed by atoms with Crippen LogP contribution in [0, 0.1) is 0 Å². The van der Waals surface area contributed by atoms with Crippen LogP contribution >= 0.6 is 0 Å². The number of carbonyl (C=O) groups excluding carboxylic acids is 2. The van der Waals surface area contributed by atoms with Crippen LogP contribution in [0.3, 0.4) is 0 Å². The van der Waals surface area contributed by atoms with Gasteiger partial charge < -0.3 is 64.2 Å². The van der Waals surface area contributed by atoms with Crippen LogP contribution in [0.15, 0.2) is 24.3 Å². The van der Waals surface area contributed by atoms with Gasteiger partial charge in [0, 0.05) is 12.8 Å². The van der Waals surface area contributed by atoms with Crippen LogP contribution in [0.5, 0.6) is 0 Å². The fourth-order valence-corrected chi connectivity index (χ4v) is 8.62. The monoisotopic (exact) mass is 987 g/mol. The van der Waals surface area contributed by atoms with Crippen molar-refractivity contribution in [1.82, 2.24) is 0 Å². The standard InChI is InChI=1S/C54H98O15/c1-3-5-7-9-11-13-15-17-19-20-21-23-25-27-29-31-33-35-37-46(57)67-42(39-64-45(56)36-34-32-30-28-26-24-22-18-16-14-12-10-8-6-4-2)40-65-53-52(63)50(61)48(59)44(69-53)41-66-54-51(62)49(60)47(58)43(38-55)68-54/h18-20,22,42-44,47-55,58-63H,3-17,21,23-41H2,1-2H3/b20-19-,22-18-. The number of aliphatic hydroxyl groups is 7. The van der Waals surface area contributed by atoms with Gasteiger partial charge in [-0.2, -0.15) is 0 Å². The van der Waals surface area contributed by atoms with Gasteiger partial charge in [0.25, 0.3) is 0 Å². The molecular formula is C54H98O15. The van der Waals surface area contributed by atoms with Crippen molar-refractivity contribution in [1.29, 1.82) is 0 Å². The molecule has 2 aliphatic heterocycles. The summed E-state index contributed by atoms with van der Waals surface area (Å²) in [7, 11) is 0. The third-order valence-corrected chi connectivity index (χ3v) is 13.2. The molecule has 2 aliphatic rings. The van der Waals surface area contributed by atoms with Crippen molar-refractivity contribution in [2.75, 3.05) is 26.4 Å². The summed E-state index contributed by atoms with van der Waals surface area (Å²) in [6.45, 7) is 2.59. The van der Waals surface area contributed by atoms with Gasteiger partial charge in [0.15, 0.2) is 18.7 Å². The zero-order chi connectivity index (χ0) is 50.3. The van der Waals surface area contributed by atoms with Gasteiger partial charge in [-0.3, -0.25) is 9.59 Å². The Hall–Kier alpha value is -2.02. The number of aliphatic hydroxyl groups excluding tert-OH is 7. The van der Waals surface area contributed by atoms with Crippen molar-refractivity contribution < 1.29 is 73.8 Å². The highest BCUT2D eigenvalue weighted by Gasteiger charge is 2.47. The van der Waals surface area contributed by atoms with Crippen molar-refractivity contribution in [3.05, 3.63) is 24.3 Å². The second kappa shape index (κ2) is 41.5. The van der Waals surface area contributed by atoms with Gasteiger partial charge in [-0.15, -0.1) is 0 Å². The Morgan fingerprint density at radius 1 is 0.449 bits per heavy atom. The Labute approximate surface area is 415 Å². The largest absolute Gasteiger partial charge is 0.462 e. The van der Waals surface area contributed by atoms with Gasteiger partial charge >= 0.3 is 11.9 Å². The van der Waals surface area contributed by atoms with Gasteiger partial charge in [-0.25, -0.2) is 0 Å². The first-order chi connectivity index (χ1) is 33.5.